The van der Waals surface area contributed by atoms with Gasteiger partial charge in [-0.25, -0.2) is 13.6 Å². The number of halogens is 2. The summed E-state index contributed by atoms with van der Waals surface area (Å²) in [4.78, 5) is 11.3. The van der Waals surface area contributed by atoms with E-state index in [1.807, 2.05) is 0 Å². The molecule has 4 nitrogen and oxygen atoms in total. The number of aliphatic hydroxyl groups excluding tert-OH is 1. The van der Waals surface area contributed by atoms with Gasteiger partial charge in [0, 0.05) is 11.6 Å². The minimum absolute atomic E-state index is 0.259. The molecule has 0 spiro atoms. The van der Waals surface area contributed by atoms with E-state index < -0.39 is 23.7 Å². The van der Waals surface area contributed by atoms with Gasteiger partial charge in [0.05, 0.1) is 13.7 Å². The molecule has 1 aliphatic carbocycles. The lowest BCUT2D eigenvalue weighted by atomic mass is 10.1. The molecule has 1 aromatic rings. The van der Waals surface area contributed by atoms with E-state index in [1.165, 1.54) is 0 Å². The Hall–Kier alpha value is -1.69. The molecular formula is C13H14F2O4. The molecular weight excluding hydrogens is 258 g/mol. The highest BCUT2D eigenvalue weighted by Gasteiger charge is 2.28. The van der Waals surface area contributed by atoms with Gasteiger partial charge in [-0.2, -0.15) is 0 Å². The van der Waals surface area contributed by atoms with Gasteiger partial charge in [0.1, 0.15) is 5.82 Å². The molecule has 6 heteroatoms. The first-order valence-corrected chi connectivity index (χ1v) is 5.90. The van der Waals surface area contributed by atoms with Gasteiger partial charge >= 0.3 is 5.97 Å². The number of hydrogen-bond donors (Lipinski definition) is 1. The summed E-state index contributed by atoms with van der Waals surface area (Å²) >= 11 is 0. The number of aliphatic hydroxyl groups is 1. The lowest BCUT2D eigenvalue weighted by Crippen LogP contribution is -2.16. The molecule has 19 heavy (non-hydrogen) atoms. The maximum Gasteiger partial charge on any atom is 0.339 e. The predicted octanol–water partition coefficient (Wildman–Crippen LogP) is 1.96. The van der Waals surface area contributed by atoms with E-state index >= 15 is 0 Å². The number of benzene rings is 1. The minimum Gasteiger partial charge on any atom is -0.490 e. The van der Waals surface area contributed by atoms with E-state index in [0.717, 1.165) is 26.0 Å². The van der Waals surface area contributed by atoms with Gasteiger partial charge in [-0.05, 0) is 24.8 Å². The number of ether oxygens (including phenoxy) is 2. The normalized spacial score (nSPS) is 16.0. The van der Waals surface area contributed by atoms with E-state index in [-0.39, 0.29) is 17.9 Å². The highest BCUT2D eigenvalue weighted by Crippen LogP contribution is 2.34. The van der Waals surface area contributed by atoms with Gasteiger partial charge in [-0.3, -0.25) is 0 Å². The number of carbonyl (C=O) groups is 1. The second kappa shape index (κ2) is 5.52. The molecule has 1 N–H and O–H groups in total. The van der Waals surface area contributed by atoms with Crippen molar-refractivity contribution in [2.75, 3.05) is 13.7 Å². The first-order valence-electron chi connectivity index (χ1n) is 5.90. The Balaban J connectivity index is 2.29. The lowest BCUT2D eigenvalue weighted by molar-refractivity contribution is -0.150. The van der Waals surface area contributed by atoms with Crippen molar-refractivity contribution in [1.29, 1.82) is 0 Å². The molecule has 0 aromatic heterocycles. The maximum absolute atomic E-state index is 13.7. The highest BCUT2D eigenvalue weighted by atomic mass is 19.1. The van der Waals surface area contributed by atoms with Crippen molar-refractivity contribution >= 4 is 5.97 Å². The third-order valence-electron chi connectivity index (χ3n) is 2.92. The molecule has 1 unspecified atom stereocenters. The zero-order chi connectivity index (χ0) is 14.0. The van der Waals surface area contributed by atoms with E-state index in [4.69, 9.17) is 4.74 Å². The van der Waals surface area contributed by atoms with Crippen LogP contribution in [0.5, 0.6) is 5.75 Å². The van der Waals surface area contributed by atoms with Crippen molar-refractivity contribution in [3.63, 3.8) is 0 Å². The van der Waals surface area contributed by atoms with Crippen LogP contribution in [0.4, 0.5) is 8.78 Å². The molecule has 1 fully saturated rings. The van der Waals surface area contributed by atoms with E-state index in [0.29, 0.717) is 12.0 Å². The Kier molecular flexibility index (Phi) is 3.99. The van der Waals surface area contributed by atoms with Gasteiger partial charge in [-0.15, -0.1) is 0 Å². The third-order valence-corrected chi connectivity index (χ3v) is 2.92. The molecule has 0 radical (unpaired) electrons. The highest BCUT2D eigenvalue weighted by molar-refractivity contribution is 5.77. The van der Waals surface area contributed by atoms with E-state index in [1.54, 1.807) is 0 Å². The number of esters is 1. The van der Waals surface area contributed by atoms with Crippen LogP contribution >= 0.6 is 0 Å². The minimum atomic E-state index is -1.77. The Labute approximate surface area is 108 Å². The summed E-state index contributed by atoms with van der Waals surface area (Å²) in [6, 6.07) is 1.52. The number of hydrogen-bond acceptors (Lipinski definition) is 4. The van der Waals surface area contributed by atoms with Crippen molar-refractivity contribution in [2.24, 2.45) is 5.92 Å². The van der Waals surface area contributed by atoms with Gasteiger partial charge < -0.3 is 14.6 Å². The Morgan fingerprint density at radius 2 is 2.16 bits per heavy atom. The molecule has 2 rings (SSSR count). The molecule has 0 bridgehead atoms. The number of methoxy groups -OCH3 is 1. The molecule has 0 amide bonds. The molecule has 1 atom stereocenters. The first kappa shape index (κ1) is 13.7. The molecule has 1 aromatic carbocycles. The van der Waals surface area contributed by atoms with E-state index in [2.05, 4.69) is 4.74 Å². The predicted molar refractivity (Wildman–Crippen MR) is 61.6 cm³/mol. The summed E-state index contributed by atoms with van der Waals surface area (Å²) in [6.45, 7) is 0.281. The maximum atomic E-state index is 13.7. The average molecular weight is 272 g/mol. The van der Waals surface area contributed by atoms with Gasteiger partial charge in [-0.1, -0.05) is 0 Å². The van der Waals surface area contributed by atoms with Crippen LogP contribution in [0.25, 0.3) is 0 Å². The lowest BCUT2D eigenvalue weighted by Gasteiger charge is -2.15. The van der Waals surface area contributed by atoms with Crippen LogP contribution in [0.2, 0.25) is 0 Å². The van der Waals surface area contributed by atoms with Crippen LogP contribution in [0.1, 0.15) is 24.5 Å². The number of rotatable bonds is 5. The van der Waals surface area contributed by atoms with Crippen LogP contribution in [-0.4, -0.2) is 24.8 Å². The first-order chi connectivity index (χ1) is 9.02. The van der Waals surface area contributed by atoms with Crippen molar-refractivity contribution < 1.29 is 28.2 Å². The quantitative estimate of drug-likeness (QED) is 0.832. The average Bonchev–Trinajstić information content (AvgIpc) is 3.19. The molecule has 1 saturated carbocycles. The van der Waals surface area contributed by atoms with Gasteiger partial charge in [0.15, 0.2) is 17.7 Å². The number of carbonyl (C=O) groups excluding carboxylic acids is 1. The summed E-state index contributed by atoms with van der Waals surface area (Å²) in [5.74, 6) is -2.78. The fourth-order valence-corrected chi connectivity index (χ4v) is 1.66. The van der Waals surface area contributed by atoms with E-state index in [9.17, 15) is 18.7 Å². The molecule has 0 heterocycles. The smallest absolute Gasteiger partial charge is 0.339 e. The zero-order valence-corrected chi connectivity index (χ0v) is 10.4. The van der Waals surface area contributed by atoms with Crippen molar-refractivity contribution in [3.05, 3.63) is 29.3 Å². The zero-order valence-electron chi connectivity index (χ0n) is 10.4. The SMILES string of the molecule is COC(=O)C(O)c1cc(F)cc(F)c1OCC1CC1. The Morgan fingerprint density at radius 1 is 1.47 bits per heavy atom. The molecule has 1 aliphatic rings. The summed E-state index contributed by atoms with van der Waals surface area (Å²) in [7, 11) is 1.08. The van der Waals surface area contributed by atoms with Crippen LogP contribution in [-0.2, 0) is 9.53 Å². The fourth-order valence-electron chi connectivity index (χ4n) is 1.66. The third kappa shape index (κ3) is 3.20. The van der Waals surface area contributed by atoms with Gasteiger partial charge in [0.25, 0.3) is 0 Å². The fraction of sp³-hybridized carbons (Fsp3) is 0.462. The largest absolute Gasteiger partial charge is 0.490 e. The van der Waals surface area contributed by atoms with Crippen LogP contribution < -0.4 is 4.74 Å². The monoisotopic (exact) mass is 272 g/mol. The molecule has 0 saturated heterocycles. The Morgan fingerprint density at radius 3 is 2.74 bits per heavy atom. The second-order valence-corrected chi connectivity index (χ2v) is 4.49. The van der Waals surface area contributed by atoms with Gasteiger partial charge in [0.2, 0.25) is 0 Å². The van der Waals surface area contributed by atoms with Crippen LogP contribution in [0.15, 0.2) is 12.1 Å². The van der Waals surface area contributed by atoms with Crippen LogP contribution in [0.3, 0.4) is 0 Å². The molecule has 104 valence electrons. The summed E-state index contributed by atoms with van der Waals surface area (Å²) in [6.07, 6.45) is 0.222. The van der Waals surface area contributed by atoms with Crippen molar-refractivity contribution in [3.8, 4) is 5.75 Å². The Bertz CT molecular complexity index is 486. The summed E-state index contributed by atoms with van der Waals surface area (Å²) in [5, 5.41) is 9.71. The molecule has 0 aliphatic heterocycles. The standard InChI is InChI=1S/C13H14F2O4/c1-18-13(17)11(16)9-4-8(14)5-10(15)12(9)19-6-7-2-3-7/h4-5,7,11,16H,2-3,6H2,1H3. The topological polar surface area (TPSA) is 55.8 Å². The van der Waals surface area contributed by atoms with Crippen LogP contribution in [0, 0.1) is 17.6 Å². The second-order valence-electron chi connectivity index (χ2n) is 4.49. The summed E-state index contributed by atoms with van der Waals surface area (Å²) in [5.41, 5.74) is -0.259. The van der Waals surface area contributed by atoms with Crippen molar-refractivity contribution in [2.45, 2.75) is 18.9 Å². The van der Waals surface area contributed by atoms with Crippen molar-refractivity contribution in [1.82, 2.24) is 0 Å². The summed E-state index contributed by atoms with van der Waals surface area (Å²) < 4.78 is 36.5.